The second-order valence-corrected chi connectivity index (χ2v) is 10.3. The number of ether oxygens (including phenoxy) is 2. The van der Waals surface area contributed by atoms with Crippen LogP contribution in [0.4, 0.5) is 17.3 Å². The highest BCUT2D eigenvalue weighted by Gasteiger charge is 2.38. The first-order valence-corrected chi connectivity index (χ1v) is 13.0. The van der Waals surface area contributed by atoms with Gasteiger partial charge in [-0.1, -0.05) is 19.6 Å². The second-order valence-electron chi connectivity index (χ2n) is 10.3. The molecule has 190 valence electrons. The Morgan fingerprint density at radius 3 is 2.78 bits per heavy atom. The van der Waals surface area contributed by atoms with Crippen molar-refractivity contribution in [2.45, 2.75) is 31.9 Å². The van der Waals surface area contributed by atoms with Gasteiger partial charge in [0.1, 0.15) is 30.3 Å². The maximum Gasteiger partial charge on any atom is 0.246 e. The maximum absolute atomic E-state index is 11.8. The fraction of sp³-hybridized carbons (Fsp3) is 0.519. The summed E-state index contributed by atoms with van der Waals surface area (Å²) in [5.74, 6) is 3.63. The van der Waals surface area contributed by atoms with Gasteiger partial charge in [-0.15, -0.1) is 0 Å². The first-order chi connectivity index (χ1) is 17.6. The Balaban J connectivity index is 1.16. The normalized spacial score (nSPS) is 24.5. The van der Waals surface area contributed by atoms with E-state index in [1.807, 2.05) is 4.90 Å². The van der Waals surface area contributed by atoms with E-state index in [9.17, 15) is 4.79 Å². The Morgan fingerprint density at radius 1 is 1.17 bits per heavy atom. The summed E-state index contributed by atoms with van der Waals surface area (Å²) in [6.45, 7) is 13.2. The number of rotatable bonds is 4. The number of nitrogens with one attached hydrogen (secondary N) is 1. The number of amides is 1. The third-order valence-corrected chi connectivity index (χ3v) is 8.09. The van der Waals surface area contributed by atoms with Gasteiger partial charge in [0, 0.05) is 38.8 Å². The molecule has 0 saturated carbocycles. The van der Waals surface area contributed by atoms with Gasteiger partial charge in [-0.2, -0.15) is 0 Å². The summed E-state index contributed by atoms with van der Waals surface area (Å²) in [5.41, 5.74) is 3.29. The van der Waals surface area contributed by atoms with Crippen LogP contribution in [-0.4, -0.2) is 84.2 Å². The minimum atomic E-state index is 0.0396. The summed E-state index contributed by atoms with van der Waals surface area (Å²) < 4.78 is 11.8. The average Bonchev–Trinajstić information content (AvgIpc) is 3.07. The molecule has 0 aliphatic carbocycles. The molecule has 0 radical (unpaired) electrons. The van der Waals surface area contributed by atoms with Crippen LogP contribution in [0.15, 0.2) is 37.2 Å². The Bertz CT molecular complexity index is 1140. The Morgan fingerprint density at radius 2 is 2.00 bits per heavy atom. The van der Waals surface area contributed by atoms with Gasteiger partial charge < -0.3 is 24.6 Å². The summed E-state index contributed by atoms with van der Waals surface area (Å²) in [5, 5.41) is 3.55. The predicted octanol–water partition coefficient (Wildman–Crippen LogP) is 2.77. The zero-order valence-corrected chi connectivity index (χ0v) is 20.9. The molecular formula is C27H34N6O3. The second kappa shape index (κ2) is 9.71. The van der Waals surface area contributed by atoms with Crippen molar-refractivity contribution >= 4 is 23.2 Å². The van der Waals surface area contributed by atoms with Crippen LogP contribution in [-0.2, 0) is 16.1 Å². The third-order valence-electron chi connectivity index (χ3n) is 8.09. The summed E-state index contributed by atoms with van der Waals surface area (Å²) in [4.78, 5) is 27.6. The molecule has 3 saturated heterocycles. The largest absolute Gasteiger partial charge is 0.486 e. The molecule has 36 heavy (non-hydrogen) atoms. The number of carbonyl (C=O) groups is 1. The van der Waals surface area contributed by atoms with E-state index in [4.69, 9.17) is 9.47 Å². The van der Waals surface area contributed by atoms with E-state index < -0.39 is 0 Å². The van der Waals surface area contributed by atoms with Crippen LogP contribution >= 0.6 is 0 Å². The van der Waals surface area contributed by atoms with Crippen molar-refractivity contribution in [2.75, 3.05) is 62.7 Å². The van der Waals surface area contributed by atoms with E-state index in [0.717, 1.165) is 74.3 Å². The maximum atomic E-state index is 11.8. The first kappa shape index (κ1) is 23.2. The van der Waals surface area contributed by atoms with Crippen LogP contribution in [0.5, 0.6) is 5.75 Å². The lowest BCUT2D eigenvalue weighted by molar-refractivity contribution is -0.133. The van der Waals surface area contributed by atoms with Crippen LogP contribution in [0.1, 0.15) is 30.4 Å². The number of hydrogen-bond acceptors (Lipinski definition) is 8. The number of carbonyl (C=O) groups excluding carboxylic acids is 1. The molecule has 9 heteroatoms. The van der Waals surface area contributed by atoms with Gasteiger partial charge in [0.05, 0.1) is 24.5 Å². The monoisotopic (exact) mass is 490 g/mol. The van der Waals surface area contributed by atoms with Gasteiger partial charge in [-0.05, 0) is 48.6 Å². The van der Waals surface area contributed by atoms with Crippen molar-refractivity contribution < 1.29 is 14.3 Å². The lowest BCUT2D eigenvalue weighted by Gasteiger charge is -2.49. The molecule has 0 spiro atoms. The van der Waals surface area contributed by atoms with E-state index in [0.29, 0.717) is 37.7 Å². The zero-order chi connectivity index (χ0) is 24.6. The number of hydrogen-bond donors (Lipinski definition) is 1. The number of fused-ring (bicyclic) bond motifs is 2. The van der Waals surface area contributed by atoms with Crippen molar-refractivity contribution in [1.82, 2.24) is 19.8 Å². The number of nitrogens with zero attached hydrogens (tertiary/aromatic N) is 5. The van der Waals surface area contributed by atoms with Gasteiger partial charge in [-0.3, -0.25) is 9.69 Å². The highest BCUT2D eigenvalue weighted by Crippen LogP contribution is 2.41. The van der Waals surface area contributed by atoms with Crippen molar-refractivity contribution in [3.63, 3.8) is 0 Å². The number of piperidine rings is 1. The topological polar surface area (TPSA) is 83.1 Å². The Labute approximate surface area is 212 Å². The highest BCUT2D eigenvalue weighted by molar-refractivity contribution is 5.87. The standard InChI is InChI=1S/C27H34N6O3/c1-3-25(34)33-14-20(15-33)32-7-6-21(18(2)13-32)19-4-5-24-23(12-19)30-26-22(16-36-24)27(29-17-28-26)31-8-10-35-11-9-31/h3-5,12,17-18,20-21H,1,6-11,13-16H2,2H3,(H,28,29,30)/t18-,21+/m1/s1. The number of benzene rings is 1. The lowest BCUT2D eigenvalue weighted by Crippen LogP contribution is -2.62. The number of likely N-dealkylation sites (tertiary alicyclic amines) is 2. The number of aromatic nitrogens is 2. The van der Waals surface area contributed by atoms with Crippen molar-refractivity contribution in [3.05, 3.63) is 48.3 Å². The molecule has 5 heterocycles. The molecule has 0 unspecified atom stereocenters. The quantitative estimate of drug-likeness (QED) is 0.656. The summed E-state index contributed by atoms with van der Waals surface area (Å²) in [6, 6.07) is 7.02. The fourth-order valence-electron chi connectivity index (χ4n) is 5.97. The molecule has 2 aromatic rings. The van der Waals surface area contributed by atoms with Crippen LogP contribution in [0.3, 0.4) is 0 Å². The van der Waals surface area contributed by atoms with E-state index in [1.54, 1.807) is 6.33 Å². The Kier molecular flexibility index (Phi) is 6.27. The minimum Gasteiger partial charge on any atom is -0.486 e. The van der Waals surface area contributed by atoms with Crippen LogP contribution in [0.2, 0.25) is 0 Å². The van der Waals surface area contributed by atoms with Crippen molar-refractivity contribution in [2.24, 2.45) is 5.92 Å². The van der Waals surface area contributed by atoms with Gasteiger partial charge in [-0.25, -0.2) is 9.97 Å². The van der Waals surface area contributed by atoms with Crippen LogP contribution < -0.4 is 15.0 Å². The number of anilines is 3. The highest BCUT2D eigenvalue weighted by atomic mass is 16.5. The van der Waals surface area contributed by atoms with Crippen LogP contribution in [0, 0.1) is 5.92 Å². The van der Waals surface area contributed by atoms with Gasteiger partial charge >= 0.3 is 0 Å². The van der Waals surface area contributed by atoms with E-state index in [2.05, 4.69) is 56.8 Å². The van der Waals surface area contributed by atoms with Crippen molar-refractivity contribution in [1.29, 1.82) is 0 Å². The van der Waals surface area contributed by atoms with Gasteiger partial charge in [0.2, 0.25) is 5.91 Å². The average molecular weight is 491 g/mol. The van der Waals surface area contributed by atoms with Crippen molar-refractivity contribution in [3.8, 4) is 5.75 Å². The summed E-state index contributed by atoms with van der Waals surface area (Å²) in [6.07, 6.45) is 4.15. The smallest absolute Gasteiger partial charge is 0.246 e. The molecule has 1 aromatic heterocycles. The first-order valence-electron chi connectivity index (χ1n) is 13.0. The molecule has 0 bridgehead atoms. The zero-order valence-electron chi connectivity index (χ0n) is 20.9. The lowest BCUT2D eigenvalue weighted by atomic mass is 9.80. The molecule has 2 atom stereocenters. The molecule has 9 nitrogen and oxygen atoms in total. The number of morpholine rings is 1. The Hall–Kier alpha value is -3.17. The molecule has 1 amide bonds. The fourth-order valence-corrected chi connectivity index (χ4v) is 5.97. The third kappa shape index (κ3) is 4.30. The molecule has 4 aliphatic rings. The van der Waals surface area contributed by atoms with E-state index in [1.165, 1.54) is 11.6 Å². The van der Waals surface area contributed by atoms with E-state index >= 15 is 0 Å². The van der Waals surface area contributed by atoms with E-state index in [-0.39, 0.29) is 5.91 Å². The van der Waals surface area contributed by atoms with Gasteiger partial charge in [0.25, 0.3) is 0 Å². The molecular weight excluding hydrogens is 456 g/mol. The molecule has 3 fully saturated rings. The van der Waals surface area contributed by atoms with Gasteiger partial charge in [0.15, 0.2) is 0 Å². The van der Waals surface area contributed by atoms with Crippen LogP contribution in [0.25, 0.3) is 0 Å². The minimum absolute atomic E-state index is 0.0396. The summed E-state index contributed by atoms with van der Waals surface area (Å²) >= 11 is 0. The molecule has 6 rings (SSSR count). The predicted molar refractivity (Wildman–Crippen MR) is 138 cm³/mol. The molecule has 1 N–H and O–H groups in total. The summed E-state index contributed by atoms with van der Waals surface area (Å²) in [7, 11) is 0. The SMILES string of the molecule is C=CC(=O)N1CC(N2CC[C@H](c3ccc4c(c3)Nc3ncnc(N5CCOCC5)c3CO4)[C@H](C)C2)C1. The molecule has 1 aromatic carbocycles. The molecule has 4 aliphatic heterocycles.